The van der Waals surface area contributed by atoms with Crippen molar-refractivity contribution in [3.63, 3.8) is 0 Å². The lowest BCUT2D eigenvalue weighted by atomic mass is 10.0. The second-order valence-electron chi connectivity index (χ2n) is 2.95. The summed E-state index contributed by atoms with van der Waals surface area (Å²) in [6.45, 7) is 3.56. The summed E-state index contributed by atoms with van der Waals surface area (Å²) in [5, 5.41) is 8.68. The third-order valence-electron chi connectivity index (χ3n) is 2.07. The topological polar surface area (TPSA) is 20.2 Å². The fraction of sp³-hybridized carbons (Fsp3) is 0.400. The Labute approximate surface area is 71.9 Å². The van der Waals surface area contributed by atoms with Crippen LogP contribution in [0.25, 0.3) is 0 Å². The average molecular weight is 168 g/mol. The Kier molecular flexibility index (Phi) is 2.82. The lowest BCUT2D eigenvalue weighted by Gasteiger charge is -2.06. The quantitative estimate of drug-likeness (QED) is 0.715. The minimum Gasteiger partial charge on any atom is -0.396 e. The van der Waals surface area contributed by atoms with Gasteiger partial charge in [0, 0.05) is 6.61 Å². The summed E-state index contributed by atoms with van der Waals surface area (Å²) in [7, 11) is 0. The molecule has 2 heteroatoms. The van der Waals surface area contributed by atoms with Crippen LogP contribution in [0.3, 0.4) is 0 Å². The van der Waals surface area contributed by atoms with Crippen LogP contribution < -0.4 is 0 Å². The lowest BCUT2D eigenvalue weighted by Crippen LogP contribution is -1.98. The number of rotatable bonds is 2. The number of aryl methyl sites for hydroxylation is 1. The molecule has 1 aromatic carbocycles. The van der Waals surface area contributed by atoms with Crippen molar-refractivity contribution < 1.29 is 9.50 Å². The molecule has 12 heavy (non-hydrogen) atoms. The van der Waals surface area contributed by atoms with Gasteiger partial charge in [-0.05, 0) is 37.0 Å². The van der Waals surface area contributed by atoms with Crippen LogP contribution in [0.4, 0.5) is 4.39 Å². The largest absolute Gasteiger partial charge is 0.396 e. The number of hydrogen-bond donors (Lipinski definition) is 1. The monoisotopic (exact) mass is 168 g/mol. The maximum Gasteiger partial charge on any atom is 0.129 e. The Bertz CT molecular complexity index is 281. The van der Waals surface area contributed by atoms with E-state index >= 15 is 0 Å². The zero-order chi connectivity index (χ0) is 9.14. The molecular weight excluding hydrogens is 155 g/mol. The molecule has 0 fully saturated rings. The summed E-state index contributed by atoms with van der Waals surface area (Å²) >= 11 is 0. The summed E-state index contributed by atoms with van der Waals surface area (Å²) in [6, 6.07) is 3.61. The molecule has 0 amide bonds. The summed E-state index contributed by atoms with van der Waals surface area (Å²) in [4.78, 5) is 0. The van der Waals surface area contributed by atoms with E-state index in [0.717, 1.165) is 5.56 Å². The first-order valence-corrected chi connectivity index (χ1v) is 4.02. The third-order valence-corrected chi connectivity index (χ3v) is 2.07. The van der Waals surface area contributed by atoms with Crippen molar-refractivity contribution in [1.29, 1.82) is 0 Å². The van der Waals surface area contributed by atoms with Gasteiger partial charge in [0.15, 0.2) is 0 Å². The Morgan fingerprint density at radius 3 is 2.58 bits per heavy atom. The lowest BCUT2D eigenvalue weighted by molar-refractivity contribution is 0.299. The molecule has 0 radical (unpaired) electrons. The smallest absolute Gasteiger partial charge is 0.129 e. The van der Waals surface area contributed by atoms with Crippen LogP contribution in [0.5, 0.6) is 0 Å². The van der Waals surface area contributed by atoms with Crippen molar-refractivity contribution >= 4 is 0 Å². The van der Waals surface area contributed by atoms with Gasteiger partial charge < -0.3 is 5.11 Å². The van der Waals surface area contributed by atoms with E-state index < -0.39 is 0 Å². The van der Waals surface area contributed by atoms with Gasteiger partial charge in [-0.15, -0.1) is 0 Å². The van der Waals surface area contributed by atoms with Gasteiger partial charge in [0.2, 0.25) is 0 Å². The zero-order valence-corrected chi connectivity index (χ0v) is 7.39. The minimum atomic E-state index is -0.152. The van der Waals surface area contributed by atoms with Crippen LogP contribution in [0, 0.1) is 19.7 Å². The SMILES string of the molecule is Cc1ccc(CCO)c(C)c1F. The molecule has 0 unspecified atom stereocenters. The molecule has 0 saturated carbocycles. The van der Waals surface area contributed by atoms with Gasteiger partial charge in [-0.3, -0.25) is 0 Å². The van der Waals surface area contributed by atoms with Crippen LogP contribution in [-0.2, 0) is 6.42 Å². The van der Waals surface area contributed by atoms with E-state index in [1.54, 1.807) is 19.9 Å². The highest BCUT2D eigenvalue weighted by molar-refractivity contribution is 5.32. The van der Waals surface area contributed by atoms with Crippen LogP contribution in [0.2, 0.25) is 0 Å². The van der Waals surface area contributed by atoms with Crippen LogP contribution in [0.1, 0.15) is 16.7 Å². The van der Waals surface area contributed by atoms with Crippen LogP contribution >= 0.6 is 0 Å². The first kappa shape index (κ1) is 9.20. The minimum absolute atomic E-state index is 0.0728. The fourth-order valence-corrected chi connectivity index (χ4v) is 1.25. The number of aliphatic hydroxyl groups excluding tert-OH is 1. The molecule has 66 valence electrons. The van der Waals surface area contributed by atoms with Gasteiger partial charge >= 0.3 is 0 Å². The van der Waals surface area contributed by atoms with Crippen molar-refractivity contribution in [2.45, 2.75) is 20.3 Å². The molecule has 0 aliphatic heterocycles. The normalized spacial score (nSPS) is 10.3. The van der Waals surface area contributed by atoms with E-state index in [4.69, 9.17) is 5.11 Å². The molecule has 0 aromatic heterocycles. The highest BCUT2D eigenvalue weighted by atomic mass is 19.1. The maximum atomic E-state index is 13.2. The van der Waals surface area contributed by atoms with E-state index in [0.29, 0.717) is 17.5 Å². The van der Waals surface area contributed by atoms with Gasteiger partial charge in [-0.1, -0.05) is 12.1 Å². The predicted octanol–water partition coefficient (Wildman–Crippen LogP) is 1.98. The molecule has 0 aliphatic rings. The predicted molar refractivity (Wildman–Crippen MR) is 46.7 cm³/mol. The first-order valence-electron chi connectivity index (χ1n) is 4.02. The van der Waals surface area contributed by atoms with Crippen molar-refractivity contribution in [2.24, 2.45) is 0 Å². The Morgan fingerprint density at radius 1 is 1.33 bits per heavy atom. The summed E-state index contributed by atoms with van der Waals surface area (Å²) in [5.41, 5.74) is 2.21. The zero-order valence-electron chi connectivity index (χ0n) is 7.39. The molecule has 1 aromatic rings. The van der Waals surface area contributed by atoms with Gasteiger partial charge in [0.1, 0.15) is 5.82 Å². The summed E-state index contributed by atoms with van der Waals surface area (Å²) < 4.78 is 13.2. The first-order chi connectivity index (χ1) is 5.66. The van der Waals surface area contributed by atoms with Crippen LogP contribution in [0.15, 0.2) is 12.1 Å². The highest BCUT2D eigenvalue weighted by Gasteiger charge is 2.05. The van der Waals surface area contributed by atoms with E-state index in [-0.39, 0.29) is 12.4 Å². The molecule has 1 N–H and O–H groups in total. The molecule has 1 nitrogen and oxygen atoms in total. The number of halogens is 1. The molecule has 1 rings (SSSR count). The van der Waals surface area contributed by atoms with Gasteiger partial charge in [0.25, 0.3) is 0 Å². The van der Waals surface area contributed by atoms with Crippen molar-refractivity contribution in [3.8, 4) is 0 Å². The van der Waals surface area contributed by atoms with Crippen LogP contribution in [-0.4, -0.2) is 11.7 Å². The molecule has 0 saturated heterocycles. The Hall–Kier alpha value is -0.890. The second-order valence-corrected chi connectivity index (χ2v) is 2.95. The molecule has 0 bridgehead atoms. The number of aliphatic hydroxyl groups is 1. The Morgan fingerprint density at radius 2 is 2.00 bits per heavy atom. The second kappa shape index (κ2) is 3.68. The highest BCUT2D eigenvalue weighted by Crippen LogP contribution is 2.16. The van der Waals surface area contributed by atoms with Gasteiger partial charge in [-0.2, -0.15) is 0 Å². The summed E-state index contributed by atoms with van der Waals surface area (Å²) in [6.07, 6.45) is 0.531. The molecule has 0 heterocycles. The number of hydrogen-bond acceptors (Lipinski definition) is 1. The molecule has 0 spiro atoms. The van der Waals surface area contributed by atoms with Crippen molar-refractivity contribution in [2.75, 3.05) is 6.61 Å². The third kappa shape index (κ3) is 1.64. The van der Waals surface area contributed by atoms with Gasteiger partial charge in [0.05, 0.1) is 0 Å². The molecule has 0 atom stereocenters. The van der Waals surface area contributed by atoms with Crippen molar-refractivity contribution in [1.82, 2.24) is 0 Å². The van der Waals surface area contributed by atoms with E-state index in [1.165, 1.54) is 0 Å². The molecular formula is C10H13FO. The maximum absolute atomic E-state index is 13.2. The molecule has 0 aliphatic carbocycles. The summed E-state index contributed by atoms with van der Waals surface area (Å²) in [5.74, 6) is -0.152. The fourth-order valence-electron chi connectivity index (χ4n) is 1.25. The van der Waals surface area contributed by atoms with E-state index in [2.05, 4.69) is 0 Å². The average Bonchev–Trinajstić information content (AvgIpc) is 2.07. The number of benzene rings is 1. The van der Waals surface area contributed by atoms with E-state index in [9.17, 15) is 4.39 Å². The van der Waals surface area contributed by atoms with E-state index in [1.807, 2.05) is 6.07 Å². The van der Waals surface area contributed by atoms with Crippen molar-refractivity contribution in [3.05, 3.63) is 34.6 Å². The Balaban J connectivity index is 3.08. The van der Waals surface area contributed by atoms with Gasteiger partial charge in [-0.25, -0.2) is 4.39 Å². The standard InChI is InChI=1S/C10H13FO/c1-7-3-4-9(5-6-12)8(2)10(7)11/h3-4,12H,5-6H2,1-2H3.